The summed E-state index contributed by atoms with van der Waals surface area (Å²) in [7, 11) is 0. The van der Waals surface area contributed by atoms with Crippen LogP contribution in [0.1, 0.15) is 15.9 Å². The highest BCUT2D eigenvalue weighted by Crippen LogP contribution is 2.26. The molecule has 6 N–H and O–H groups in total. The van der Waals surface area contributed by atoms with E-state index in [1.165, 1.54) is 16.8 Å². The Kier molecular flexibility index (Phi) is 3.90. The van der Waals surface area contributed by atoms with E-state index in [1.54, 1.807) is 25.1 Å². The van der Waals surface area contributed by atoms with E-state index in [4.69, 9.17) is 11.6 Å². The molecule has 1 aromatic heterocycles. The quantitative estimate of drug-likeness (QED) is 0.328. The van der Waals surface area contributed by atoms with Crippen molar-refractivity contribution in [2.45, 2.75) is 6.92 Å². The second kappa shape index (κ2) is 5.91. The van der Waals surface area contributed by atoms with Gasteiger partial charge in [-0.05, 0) is 42.8 Å². The van der Waals surface area contributed by atoms with Crippen LogP contribution in [0.25, 0.3) is 16.6 Å². The van der Waals surface area contributed by atoms with E-state index in [1.807, 2.05) is 0 Å². The second-order valence-corrected chi connectivity index (χ2v) is 5.59. The molecule has 0 radical (unpaired) electrons. The highest BCUT2D eigenvalue weighted by Gasteiger charge is 2.18. The van der Waals surface area contributed by atoms with Gasteiger partial charge in [0.15, 0.2) is 0 Å². The molecule has 0 bridgehead atoms. The number of halogens is 1. The second-order valence-electron chi connectivity index (χ2n) is 5.59. The van der Waals surface area contributed by atoms with Crippen molar-refractivity contribution in [3.63, 3.8) is 0 Å². The fourth-order valence-corrected chi connectivity index (χ4v) is 2.76. The summed E-state index contributed by atoms with van der Waals surface area (Å²) in [6, 6.07) is 7.39. The van der Waals surface area contributed by atoms with Gasteiger partial charge in [-0.2, -0.15) is 0 Å². The summed E-state index contributed by atoms with van der Waals surface area (Å²) in [6.07, 6.45) is 1.21. The highest BCUT2D eigenvalue weighted by molar-refractivity contribution is 5.94. The Morgan fingerprint density at radius 3 is 2.60 bits per heavy atom. The number of carboxylic acids is 1. The standard InChI is InChI=1S/C17H15FN4O3/c1-8-4-9(19)2-3-14(8)22-7-11(17(24)25)16(23)10-5-12(18)13(21-20)6-15(10)22/h2-7,21H,19-20H2,1H3,(H,24,25). The number of aromatic carboxylic acids is 1. The molecule has 0 aliphatic carbocycles. The molecule has 25 heavy (non-hydrogen) atoms. The van der Waals surface area contributed by atoms with E-state index >= 15 is 0 Å². The Morgan fingerprint density at radius 2 is 2.00 bits per heavy atom. The van der Waals surface area contributed by atoms with E-state index in [0.29, 0.717) is 16.9 Å². The van der Waals surface area contributed by atoms with Gasteiger partial charge >= 0.3 is 5.97 Å². The summed E-state index contributed by atoms with van der Waals surface area (Å²) >= 11 is 0. The molecule has 1 heterocycles. The van der Waals surface area contributed by atoms with Crippen LogP contribution in [0.5, 0.6) is 0 Å². The largest absolute Gasteiger partial charge is 0.477 e. The molecule has 2 aromatic carbocycles. The van der Waals surface area contributed by atoms with Crippen LogP contribution in [0.15, 0.2) is 41.3 Å². The number of carboxylic acid groups (broad SMARTS) is 1. The van der Waals surface area contributed by atoms with Crippen molar-refractivity contribution < 1.29 is 14.3 Å². The zero-order chi connectivity index (χ0) is 18.3. The van der Waals surface area contributed by atoms with Crippen molar-refractivity contribution >= 4 is 28.2 Å². The Balaban J connectivity index is 2.50. The number of pyridine rings is 1. The van der Waals surface area contributed by atoms with Crippen molar-refractivity contribution in [2.75, 3.05) is 11.2 Å². The number of fused-ring (bicyclic) bond motifs is 1. The van der Waals surface area contributed by atoms with Crippen LogP contribution >= 0.6 is 0 Å². The average molecular weight is 342 g/mol. The van der Waals surface area contributed by atoms with Crippen molar-refractivity contribution in [2.24, 2.45) is 5.84 Å². The van der Waals surface area contributed by atoms with Gasteiger partial charge in [-0.25, -0.2) is 9.18 Å². The van der Waals surface area contributed by atoms with Crippen LogP contribution in [0, 0.1) is 12.7 Å². The molecule has 3 aromatic rings. The van der Waals surface area contributed by atoms with Gasteiger partial charge in [-0.1, -0.05) is 0 Å². The topological polar surface area (TPSA) is 123 Å². The van der Waals surface area contributed by atoms with Gasteiger partial charge in [-0.15, -0.1) is 0 Å². The lowest BCUT2D eigenvalue weighted by Crippen LogP contribution is -2.19. The van der Waals surface area contributed by atoms with Gasteiger partial charge in [-0.3, -0.25) is 10.6 Å². The molecule has 3 rings (SSSR count). The summed E-state index contributed by atoms with van der Waals surface area (Å²) < 4.78 is 15.6. The first-order chi connectivity index (χ1) is 11.8. The van der Waals surface area contributed by atoms with Gasteiger partial charge in [0.1, 0.15) is 11.4 Å². The van der Waals surface area contributed by atoms with Crippen LogP contribution in [-0.4, -0.2) is 15.6 Å². The summed E-state index contributed by atoms with van der Waals surface area (Å²) in [5.74, 6) is 3.16. The number of nitrogens with one attached hydrogen (secondary N) is 1. The lowest BCUT2D eigenvalue weighted by atomic mass is 10.1. The molecule has 0 spiro atoms. The molecule has 8 heteroatoms. The van der Waals surface area contributed by atoms with Gasteiger partial charge in [0.2, 0.25) is 5.43 Å². The maximum Gasteiger partial charge on any atom is 0.341 e. The maximum atomic E-state index is 14.0. The molecule has 128 valence electrons. The predicted molar refractivity (Wildman–Crippen MR) is 93.4 cm³/mol. The fourth-order valence-electron chi connectivity index (χ4n) is 2.76. The van der Waals surface area contributed by atoms with E-state index in [2.05, 4.69) is 5.43 Å². The average Bonchev–Trinajstić information content (AvgIpc) is 2.55. The Morgan fingerprint density at radius 1 is 1.28 bits per heavy atom. The maximum absolute atomic E-state index is 14.0. The molecule has 0 unspecified atom stereocenters. The predicted octanol–water partition coefficient (Wildman–Crippen LogP) is 2.00. The molecule has 0 aliphatic heterocycles. The molecule has 0 fully saturated rings. The Hall–Kier alpha value is -3.39. The number of hydrogen-bond acceptors (Lipinski definition) is 5. The van der Waals surface area contributed by atoms with Crippen LogP contribution in [0.2, 0.25) is 0 Å². The van der Waals surface area contributed by atoms with Crippen molar-refractivity contribution in [1.29, 1.82) is 0 Å². The minimum absolute atomic E-state index is 0.0168. The molecule has 0 saturated heterocycles. The lowest BCUT2D eigenvalue weighted by Gasteiger charge is -2.16. The highest BCUT2D eigenvalue weighted by atomic mass is 19.1. The van der Waals surface area contributed by atoms with E-state index in [-0.39, 0.29) is 11.1 Å². The third-order valence-electron chi connectivity index (χ3n) is 3.96. The summed E-state index contributed by atoms with van der Waals surface area (Å²) in [6.45, 7) is 1.79. The third kappa shape index (κ3) is 2.68. The molecule has 0 saturated carbocycles. The van der Waals surface area contributed by atoms with Gasteiger partial charge < -0.3 is 20.8 Å². The number of benzene rings is 2. The summed E-state index contributed by atoms with van der Waals surface area (Å²) in [5.41, 5.74) is 8.95. The molecular formula is C17H15FN4O3. The van der Waals surface area contributed by atoms with Crippen LogP contribution < -0.4 is 22.4 Å². The number of nitrogens with two attached hydrogens (primary N) is 2. The summed E-state index contributed by atoms with van der Waals surface area (Å²) in [4.78, 5) is 23.8. The van der Waals surface area contributed by atoms with E-state index in [9.17, 15) is 19.1 Å². The monoisotopic (exact) mass is 342 g/mol. The summed E-state index contributed by atoms with van der Waals surface area (Å²) in [5, 5.41) is 9.26. The number of aryl methyl sites for hydroxylation is 1. The molecule has 7 nitrogen and oxygen atoms in total. The number of nitrogens with zero attached hydrogens (tertiary/aromatic N) is 1. The molecular weight excluding hydrogens is 327 g/mol. The van der Waals surface area contributed by atoms with Crippen molar-refractivity contribution in [3.8, 4) is 5.69 Å². The van der Waals surface area contributed by atoms with Gasteiger partial charge in [0.05, 0.1) is 11.2 Å². The van der Waals surface area contributed by atoms with E-state index < -0.39 is 22.8 Å². The first-order valence-corrected chi connectivity index (χ1v) is 7.29. The number of nitrogen functional groups attached to an aromatic ring is 2. The van der Waals surface area contributed by atoms with Gasteiger partial charge in [0.25, 0.3) is 0 Å². The minimum Gasteiger partial charge on any atom is -0.477 e. The SMILES string of the molecule is Cc1cc(N)ccc1-n1cc(C(=O)O)c(=O)c2cc(F)c(NN)cc21. The van der Waals surface area contributed by atoms with Gasteiger partial charge in [0, 0.05) is 23.0 Å². The fraction of sp³-hybridized carbons (Fsp3) is 0.0588. The van der Waals surface area contributed by atoms with Crippen LogP contribution in [0.3, 0.4) is 0 Å². The minimum atomic E-state index is -1.39. The number of rotatable bonds is 3. The lowest BCUT2D eigenvalue weighted by molar-refractivity contribution is 0.0695. The number of carbonyl (C=O) groups is 1. The van der Waals surface area contributed by atoms with Crippen molar-refractivity contribution in [3.05, 3.63) is 63.7 Å². The van der Waals surface area contributed by atoms with Crippen LogP contribution in [0.4, 0.5) is 15.8 Å². The Labute approximate surface area is 141 Å². The zero-order valence-corrected chi connectivity index (χ0v) is 13.2. The van der Waals surface area contributed by atoms with E-state index in [0.717, 1.165) is 11.6 Å². The molecule has 0 aliphatic rings. The first-order valence-electron chi connectivity index (χ1n) is 7.29. The normalized spacial score (nSPS) is 10.8. The number of aromatic nitrogens is 1. The number of anilines is 2. The number of hydrogen-bond donors (Lipinski definition) is 4. The van der Waals surface area contributed by atoms with Crippen molar-refractivity contribution in [1.82, 2.24) is 4.57 Å². The zero-order valence-electron chi connectivity index (χ0n) is 13.2. The first kappa shape index (κ1) is 16.5. The molecule has 0 amide bonds. The third-order valence-corrected chi connectivity index (χ3v) is 3.96. The smallest absolute Gasteiger partial charge is 0.341 e. The number of hydrazine groups is 1. The van der Waals surface area contributed by atoms with Crippen LogP contribution in [-0.2, 0) is 0 Å². The Bertz CT molecular complexity index is 1080. The molecule has 0 atom stereocenters.